The molecule has 5 nitrogen and oxygen atoms in total. The number of hydrogen-bond acceptors (Lipinski definition) is 3. The van der Waals surface area contributed by atoms with Crippen molar-refractivity contribution in [3.8, 4) is 0 Å². The molecule has 21 heavy (non-hydrogen) atoms. The molecule has 1 heterocycles. The molecule has 0 spiro atoms. The van der Waals surface area contributed by atoms with Crippen LogP contribution in [0, 0.1) is 5.92 Å². The molecular weight excluding hydrogens is 268 g/mol. The fraction of sp³-hybridized carbons (Fsp3) is 0.500. The number of aliphatic hydroxyl groups excluding tert-OH is 1. The van der Waals surface area contributed by atoms with Crippen molar-refractivity contribution in [1.29, 1.82) is 0 Å². The number of hydrogen-bond donors (Lipinski definition) is 2. The van der Waals surface area contributed by atoms with Crippen LogP contribution < -0.4 is 5.73 Å². The number of nitrogens with zero attached hydrogens (tertiary/aromatic N) is 1. The maximum absolute atomic E-state index is 12.4. The minimum absolute atomic E-state index is 0.0276. The van der Waals surface area contributed by atoms with E-state index in [-0.39, 0.29) is 30.2 Å². The van der Waals surface area contributed by atoms with E-state index in [4.69, 9.17) is 5.73 Å². The van der Waals surface area contributed by atoms with Crippen LogP contribution >= 0.6 is 0 Å². The first-order valence-electron chi connectivity index (χ1n) is 7.31. The van der Waals surface area contributed by atoms with Crippen LogP contribution in [0.25, 0.3) is 0 Å². The number of amides is 2. The summed E-state index contributed by atoms with van der Waals surface area (Å²) in [5, 5.41) is 10.1. The average molecular weight is 290 g/mol. The molecule has 1 aromatic carbocycles. The number of aliphatic hydroxyl groups is 1. The van der Waals surface area contributed by atoms with Gasteiger partial charge in [-0.05, 0) is 25.3 Å². The van der Waals surface area contributed by atoms with Gasteiger partial charge in [-0.1, -0.05) is 30.3 Å². The largest absolute Gasteiger partial charge is 0.388 e. The third-order valence-electron chi connectivity index (χ3n) is 4.16. The Labute approximate surface area is 124 Å². The highest BCUT2D eigenvalue weighted by atomic mass is 16.3. The lowest BCUT2D eigenvalue weighted by atomic mass is 9.92. The molecule has 2 rings (SSSR count). The summed E-state index contributed by atoms with van der Waals surface area (Å²) in [4.78, 5) is 25.4. The fourth-order valence-corrected chi connectivity index (χ4v) is 2.76. The molecular formula is C16H22N2O3. The lowest BCUT2D eigenvalue weighted by molar-refractivity contribution is -0.139. The van der Waals surface area contributed by atoms with Gasteiger partial charge in [0.15, 0.2) is 0 Å². The number of likely N-dealkylation sites (tertiary alicyclic amines) is 1. The van der Waals surface area contributed by atoms with Crippen LogP contribution in [0.1, 0.15) is 37.9 Å². The lowest BCUT2D eigenvalue weighted by Crippen LogP contribution is -2.48. The van der Waals surface area contributed by atoms with E-state index in [0.717, 1.165) is 18.4 Å². The zero-order chi connectivity index (χ0) is 15.4. The van der Waals surface area contributed by atoms with Crippen LogP contribution in [0.5, 0.6) is 0 Å². The van der Waals surface area contributed by atoms with Gasteiger partial charge in [-0.15, -0.1) is 0 Å². The Balaban J connectivity index is 2.00. The summed E-state index contributed by atoms with van der Waals surface area (Å²) < 4.78 is 0. The Morgan fingerprint density at radius 2 is 2.00 bits per heavy atom. The Hall–Kier alpha value is -1.88. The summed E-state index contributed by atoms with van der Waals surface area (Å²) in [6.07, 6.45) is 0.696. The van der Waals surface area contributed by atoms with Crippen molar-refractivity contribution in [2.24, 2.45) is 11.7 Å². The minimum Gasteiger partial charge on any atom is -0.388 e. The molecule has 1 aliphatic rings. The van der Waals surface area contributed by atoms with Gasteiger partial charge in [-0.3, -0.25) is 9.59 Å². The summed E-state index contributed by atoms with van der Waals surface area (Å²) >= 11 is 0. The predicted octanol–water partition coefficient (Wildman–Crippen LogP) is 1.22. The van der Waals surface area contributed by atoms with Crippen molar-refractivity contribution in [3.05, 3.63) is 35.9 Å². The van der Waals surface area contributed by atoms with Gasteiger partial charge in [0.2, 0.25) is 11.8 Å². The van der Waals surface area contributed by atoms with Gasteiger partial charge in [0.25, 0.3) is 0 Å². The third-order valence-corrected chi connectivity index (χ3v) is 4.16. The molecule has 2 amide bonds. The van der Waals surface area contributed by atoms with Crippen LogP contribution in [0.15, 0.2) is 30.3 Å². The van der Waals surface area contributed by atoms with Crippen molar-refractivity contribution < 1.29 is 14.7 Å². The van der Waals surface area contributed by atoms with E-state index >= 15 is 0 Å². The van der Waals surface area contributed by atoms with E-state index in [1.165, 1.54) is 0 Å². The predicted molar refractivity (Wildman–Crippen MR) is 79.1 cm³/mol. The van der Waals surface area contributed by atoms with Gasteiger partial charge in [0.1, 0.15) is 0 Å². The second-order valence-electron chi connectivity index (χ2n) is 5.70. The second kappa shape index (κ2) is 6.72. The highest BCUT2D eigenvalue weighted by molar-refractivity contribution is 5.80. The van der Waals surface area contributed by atoms with Gasteiger partial charge >= 0.3 is 0 Å². The fourth-order valence-electron chi connectivity index (χ4n) is 2.76. The molecule has 3 N–H and O–H groups in total. The first-order valence-corrected chi connectivity index (χ1v) is 7.31. The van der Waals surface area contributed by atoms with Crippen LogP contribution in [-0.4, -0.2) is 34.4 Å². The first kappa shape index (κ1) is 15.5. The molecule has 0 saturated carbocycles. The molecule has 1 aromatic rings. The van der Waals surface area contributed by atoms with Gasteiger partial charge < -0.3 is 15.7 Å². The summed E-state index contributed by atoms with van der Waals surface area (Å²) in [6.45, 7) is 2.32. The number of nitrogens with two attached hydrogens (primary N) is 1. The Kier molecular flexibility index (Phi) is 4.96. The number of rotatable bonds is 4. The zero-order valence-electron chi connectivity index (χ0n) is 12.2. The number of carbonyl (C=O) groups is 2. The van der Waals surface area contributed by atoms with Gasteiger partial charge in [0.05, 0.1) is 18.4 Å². The maximum Gasteiger partial charge on any atom is 0.225 e. The van der Waals surface area contributed by atoms with E-state index in [0.29, 0.717) is 6.54 Å². The molecule has 0 bridgehead atoms. The molecule has 1 aliphatic heterocycles. The Morgan fingerprint density at radius 3 is 2.62 bits per heavy atom. The number of benzene rings is 1. The number of primary amides is 1. The molecule has 3 unspecified atom stereocenters. The molecule has 1 saturated heterocycles. The monoisotopic (exact) mass is 290 g/mol. The Morgan fingerprint density at radius 1 is 1.33 bits per heavy atom. The first-order chi connectivity index (χ1) is 9.99. The summed E-state index contributed by atoms with van der Waals surface area (Å²) in [7, 11) is 0. The number of piperidine rings is 1. The quantitative estimate of drug-likeness (QED) is 0.874. The van der Waals surface area contributed by atoms with Crippen molar-refractivity contribution in [1.82, 2.24) is 4.90 Å². The van der Waals surface area contributed by atoms with Crippen molar-refractivity contribution in [3.63, 3.8) is 0 Å². The van der Waals surface area contributed by atoms with E-state index < -0.39 is 6.10 Å². The SMILES string of the molecule is CC1CCC(C(N)=O)CN1C(=O)CC(O)c1ccccc1. The minimum atomic E-state index is -0.820. The highest BCUT2D eigenvalue weighted by Gasteiger charge is 2.32. The second-order valence-corrected chi connectivity index (χ2v) is 5.70. The summed E-state index contributed by atoms with van der Waals surface area (Å²) in [5.41, 5.74) is 6.07. The molecule has 0 aliphatic carbocycles. The van der Waals surface area contributed by atoms with E-state index in [1.807, 2.05) is 25.1 Å². The molecule has 1 fully saturated rings. The van der Waals surface area contributed by atoms with E-state index in [1.54, 1.807) is 17.0 Å². The average Bonchev–Trinajstić information content (AvgIpc) is 2.48. The molecule has 0 radical (unpaired) electrons. The molecule has 3 atom stereocenters. The molecule has 0 aromatic heterocycles. The third kappa shape index (κ3) is 3.82. The lowest BCUT2D eigenvalue weighted by Gasteiger charge is -2.37. The smallest absolute Gasteiger partial charge is 0.225 e. The highest BCUT2D eigenvalue weighted by Crippen LogP contribution is 2.25. The van der Waals surface area contributed by atoms with Crippen molar-refractivity contribution in [2.75, 3.05) is 6.54 Å². The van der Waals surface area contributed by atoms with Crippen LogP contribution in [-0.2, 0) is 9.59 Å². The zero-order valence-corrected chi connectivity index (χ0v) is 12.2. The van der Waals surface area contributed by atoms with Crippen molar-refractivity contribution in [2.45, 2.75) is 38.3 Å². The topological polar surface area (TPSA) is 83.6 Å². The maximum atomic E-state index is 12.4. The molecule has 5 heteroatoms. The molecule has 114 valence electrons. The standard InChI is InChI=1S/C16H22N2O3/c1-11-7-8-13(16(17)21)10-18(11)15(20)9-14(19)12-5-3-2-4-6-12/h2-6,11,13-14,19H,7-10H2,1H3,(H2,17,21). The number of carbonyl (C=O) groups excluding carboxylic acids is 2. The van der Waals surface area contributed by atoms with Crippen LogP contribution in [0.3, 0.4) is 0 Å². The van der Waals surface area contributed by atoms with Gasteiger partial charge in [0, 0.05) is 12.6 Å². The van der Waals surface area contributed by atoms with Gasteiger partial charge in [-0.2, -0.15) is 0 Å². The van der Waals surface area contributed by atoms with Crippen molar-refractivity contribution >= 4 is 11.8 Å². The van der Waals surface area contributed by atoms with E-state index in [9.17, 15) is 14.7 Å². The normalized spacial score (nSPS) is 23.6. The van der Waals surface area contributed by atoms with Crippen LogP contribution in [0.2, 0.25) is 0 Å². The summed E-state index contributed by atoms with van der Waals surface area (Å²) in [6, 6.07) is 9.19. The summed E-state index contributed by atoms with van der Waals surface area (Å²) in [5.74, 6) is -0.771. The van der Waals surface area contributed by atoms with Crippen LogP contribution in [0.4, 0.5) is 0 Å². The van der Waals surface area contributed by atoms with E-state index in [2.05, 4.69) is 0 Å². The van der Waals surface area contributed by atoms with Gasteiger partial charge in [-0.25, -0.2) is 0 Å². The Bertz CT molecular complexity index is 504.